The number of aromatic nitrogens is 2. The first-order chi connectivity index (χ1) is 15.6. The molecule has 2 heterocycles. The fourth-order valence-electron chi connectivity index (χ4n) is 4.12. The number of para-hydroxylation sites is 2. The molecule has 1 aliphatic rings. The molecule has 3 aromatic carbocycles. The molecule has 7 heteroatoms. The van der Waals surface area contributed by atoms with Crippen molar-refractivity contribution in [2.75, 3.05) is 26.6 Å². The number of nitrogens with zero attached hydrogens (tertiary/aromatic N) is 2. The second-order valence-corrected chi connectivity index (χ2v) is 7.41. The van der Waals surface area contributed by atoms with Gasteiger partial charge in [0, 0.05) is 5.70 Å². The molecule has 1 unspecified atom stereocenters. The molecule has 0 amide bonds. The fourth-order valence-corrected chi connectivity index (χ4v) is 4.12. The average molecular weight is 431 g/mol. The van der Waals surface area contributed by atoms with Crippen LogP contribution in [-0.4, -0.2) is 30.9 Å². The maximum absolute atomic E-state index is 13.5. The number of nitrogens with one attached hydrogen (secondary N) is 1. The third kappa shape index (κ3) is 3.22. The van der Waals surface area contributed by atoms with Gasteiger partial charge in [0.25, 0.3) is 0 Å². The minimum atomic E-state index is -0.279. The Hall–Kier alpha value is -4.00. The van der Waals surface area contributed by atoms with Gasteiger partial charge in [-0.25, -0.2) is 9.37 Å². The Labute approximate surface area is 184 Å². The van der Waals surface area contributed by atoms with Crippen molar-refractivity contribution in [1.82, 2.24) is 9.55 Å². The standard InChI is InChI=1S/C25H22FN3O3/c1-30-22-12-16(13-23(31-2)24(22)32-3)21-14-19(15-8-10-17(26)11-9-15)28-25-27-18-6-4-5-7-20(18)29(21)25/h4-14,21H,1-3H3,(H,27,28). The van der Waals surface area contributed by atoms with Crippen LogP contribution in [0.15, 0.2) is 66.7 Å². The van der Waals surface area contributed by atoms with E-state index in [9.17, 15) is 4.39 Å². The lowest BCUT2D eigenvalue weighted by Gasteiger charge is -2.27. The number of allylic oxidation sites excluding steroid dienone is 1. The molecular formula is C25H22FN3O3. The second kappa shape index (κ2) is 7.92. The molecule has 0 spiro atoms. The average Bonchev–Trinajstić information content (AvgIpc) is 3.21. The normalized spacial score (nSPS) is 15.0. The van der Waals surface area contributed by atoms with Gasteiger partial charge < -0.3 is 19.5 Å². The van der Waals surface area contributed by atoms with Gasteiger partial charge in [-0.2, -0.15) is 0 Å². The number of halogens is 1. The highest BCUT2D eigenvalue weighted by Crippen LogP contribution is 2.43. The van der Waals surface area contributed by atoms with Crippen LogP contribution in [0.2, 0.25) is 0 Å². The summed E-state index contributed by atoms with van der Waals surface area (Å²) in [7, 11) is 4.78. The van der Waals surface area contributed by atoms with E-state index in [0.29, 0.717) is 23.2 Å². The first kappa shape index (κ1) is 19.9. The molecule has 32 heavy (non-hydrogen) atoms. The van der Waals surface area contributed by atoms with Crippen LogP contribution in [0.5, 0.6) is 17.2 Å². The third-order valence-corrected chi connectivity index (χ3v) is 5.63. The molecule has 0 saturated heterocycles. The molecule has 1 aliphatic heterocycles. The van der Waals surface area contributed by atoms with Crippen molar-refractivity contribution in [2.45, 2.75) is 6.04 Å². The highest BCUT2D eigenvalue weighted by Gasteiger charge is 2.27. The molecular weight excluding hydrogens is 409 g/mol. The van der Waals surface area contributed by atoms with E-state index in [0.717, 1.165) is 27.9 Å². The summed E-state index contributed by atoms with van der Waals surface area (Å²) in [6.07, 6.45) is 2.09. The molecule has 0 radical (unpaired) electrons. The zero-order valence-electron chi connectivity index (χ0n) is 17.9. The number of hydrogen-bond donors (Lipinski definition) is 1. The number of rotatable bonds is 5. The monoisotopic (exact) mass is 431 g/mol. The lowest BCUT2D eigenvalue weighted by atomic mass is 10.00. The van der Waals surface area contributed by atoms with Crippen LogP contribution in [-0.2, 0) is 0 Å². The van der Waals surface area contributed by atoms with E-state index >= 15 is 0 Å². The fraction of sp³-hybridized carbons (Fsp3) is 0.160. The van der Waals surface area contributed by atoms with E-state index in [1.807, 2.05) is 36.4 Å². The Morgan fingerprint density at radius 3 is 2.25 bits per heavy atom. The zero-order chi connectivity index (χ0) is 22.2. The first-order valence-electron chi connectivity index (χ1n) is 10.1. The van der Waals surface area contributed by atoms with Gasteiger partial charge in [0.2, 0.25) is 11.7 Å². The van der Waals surface area contributed by atoms with Crippen molar-refractivity contribution in [3.8, 4) is 17.2 Å². The van der Waals surface area contributed by atoms with Gasteiger partial charge in [0.1, 0.15) is 5.82 Å². The highest BCUT2D eigenvalue weighted by molar-refractivity contribution is 5.85. The van der Waals surface area contributed by atoms with E-state index in [-0.39, 0.29) is 11.9 Å². The summed E-state index contributed by atoms with van der Waals surface area (Å²) in [5.41, 5.74) is 4.50. The molecule has 6 nitrogen and oxygen atoms in total. The minimum Gasteiger partial charge on any atom is -0.493 e. The molecule has 162 valence electrons. The molecule has 0 fully saturated rings. The van der Waals surface area contributed by atoms with Crippen LogP contribution >= 0.6 is 0 Å². The summed E-state index contributed by atoms with van der Waals surface area (Å²) in [6, 6.07) is 18.0. The molecule has 0 saturated carbocycles. The van der Waals surface area contributed by atoms with E-state index < -0.39 is 0 Å². The summed E-state index contributed by atoms with van der Waals surface area (Å²) >= 11 is 0. The van der Waals surface area contributed by atoms with Crippen LogP contribution < -0.4 is 19.5 Å². The Morgan fingerprint density at radius 2 is 1.59 bits per heavy atom. The van der Waals surface area contributed by atoms with Crippen molar-refractivity contribution in [2.24, 2.45) is 0 Å². The summed E-state index contributed by atoms with van der Waals surface area (Å²) in [5.74, 6) is 2.10. The van der Waals surface area contributed by atoms with Gasteiger partial charge in [0.15, 0.2) is 11.5 Å². The minimum absolute atomic E-state index is 0.215. The van der Waals surface area contributed by atoms with Gasteiger partial charge >= 0.3 is 0 Å². The van der Waals surface area contributed by atoms with Crippen molar-refractivity contribution in [3.63, 3.8) is 0 Å². The summed E-state index contributed by atoms with van der Waals surface area (Å²) in [6.45, 7) is 0. The highest BCUT2D eigenvalue weighted by atomic mass is 19.1. The lowest BCUT2D eigenvalue weighted by molar-refractivity contribution is 0.323. The van der Waals surface area contributed by atoms with E-state index in [1.54, 1.807) is 33.5 Å². The SMILES string of the molecule is COc1cc(C2C=C(c3ccc(F)cc3)Nc3nc4ccccc4n32)cc(OC)c1OC. The number of anilines is 1. The maximum Gasteiger partial charge on any atom is 0.209 e. The topological polar surface area (TPSA) is 57.5 Å². The molecule has 1 atom stereocenters. The van der Waals surface area contributed by atoms with Gasteiger partial charge in [-0.05, 0) is 65.7 Å². The van der Waals surface area contributed by atoms with E-state index in [2.05, 4.69) is 16.0 Å². The van der Waals surface area contributed by atoms with Gasteiger partial charge in [0.05, 0.1) is 38.4 Å². The molecule has 0 bridgehead atoms. The van der Waals surface area contributed by atoms with Crippen molar-refractivity contribution in [3.05, 3.63) is 83.7 Å². The predicted molar refractivity (Wildman–Crippen MR) is 122 cm³/mol. The molecule has 4 aromatic rings. The first-order valence-corrected chi connectivity index (χ1v) is 10.1. The second-order valence-electron chi connectivity index (χ2n) is 7.41. The van der Waals surface area contributed by atoms with E-state index in [1.165, 1.54) is 12.1 Å². The molecule has 1 N–H and O–H groups in total. The van der Waals surface area contributed by atoms with Crippen molar-refractivity contribution in [1.29, 1.82) is 0 Å². The molecule has 5 rings (SSSR count). The third-order valence-electron chi connectivity index (χ3n) is 5.63. The number of ether oxygens (including phenoxy) is 3. The van der Waals surface area contributed by atoms with Gasteiger partial charge in [-0.1, -0.05) is 12.1 Å². The number of imidazole rings is 1. The Balaban J connectivity index is 1.74. The van der Waals surface area contributed by atoms with Crippen LogP contribution in [0.3, 0.4) is 0 Å². The van der Waals surface area contributed by atoms with Crippen LogP contribution in [0, 0.1) is 5.82 Å². The largest absolute Gasteiger partial charge is 0.493 e. The Morgan fingerprint density at radius 1 is 0.906 bits per heavy atom. The lowest BCUT2D eigenvalue weighted by Crippen LogP contribution is -2.19. The number of fused-ring (bicyclic) bond motifs is 3. The Kier molecular flexibility index (Phi) is 4.93. The quantitative estimate of drug-likeness (QED) is 0.467. The van der Waals surface area contributed by atoms with Crippen LogP contribution in [0.4, 0.5) is 10.3 Å². The van der Waals surface area contributed by atoms with E-state index in [4.69, 9.17) is 19.2 Å². The smallest absolute Gasteiger partial charge is 0.209 e. The zero-order valence-corrected chi connectivity index (χ0v) is 17.9. The van der Waals surface area contributed by atoms with Gasteiger partial charge in [-0.15, -0.1) is 0 Å². The predicted octanol–water partition coefficient (Wildman–Crippen LogP) is 5.26. The van der Waals surface area contributed by atoms with Crippen LogP contribution in [0.1, 0.15) is 17.2 Å². The summed E-state index contributed by atoms with van der Waals surface area (Å²) < 4.78 is 32.3. The van der Waals surface area contributed by atoms with Crippen LogP contribution in [0.25, 0.3) is 16.7 Å². The molecule has 1 aromatic heterocycles. The van der Waals surface area contributed by atoms with Gasteiger partial charge in [-0.3, -0.25) is 4.57 Å². The Bertz CT molecular complexity index is 1300. The van der Waals surface area contributed by atoms with Crippen molar-refractivity contribution < 1.29 is 18.6 Å². The summed E-state index contributed by atoms with van der Waals surface area (Å²) in [5, 5.41) is 3.40. The molecule has 0 aliphatic carbocycles. The van der Waals surface area contributed by atoms with Crippen molar-refractivity contribution >= 4 is 22.7 Å². The number of methoxy groups -OCH3 is 3. The number of hydrogen-bond acceptors (Lipinski definition) is 5. The summed E-state index contributed by atoms with van der Waals surface area (Å²) in [4.78, 5) is 4.79. The maximum atomic E-state index is 13.5. The number of benzene rings is 3.